The van der Waals surface area contributed by atoms with E-state index in [0.29, 0.717) is 12.0 Å². The summed E-state index contributed by atoms with van der Waals surface area (Å²) >= 11 is 0. The molecule has 0 aliphatic rings. The Bertz CT molecular complexity index is 321. The first-order valence-electron chi connectivity index (χ1n) is 5.07. The molecule has 0 bridgehead atoms. The molecule has 3 heteroatoms. The van der Waals surface area contributed by atoms with Crippen molar-refractivity contribution in [1.82, 2.24) is 0 Å². The molecule has 0 heterocycles. The predicted octanol–water partition coefficient (Wildman–Crippen LogP) is 2.59. The van der Waals surface area contributed by atoms with Gasteiger partial charge in [0.2, 0.25) is 0 Å². The SMILES string of the molecule is CCC(OC)C(O)c1cc(F)ccc1C. The fourth-order valence-corrected chi connectivity index (χ4v) is 1.65. The minimum Gasteiger partial charge on any atom is -0.386 e. The van der Waals surface area contributed by atoms with Crippen LogP contribution in [0.5, 0.6) is 0 Å². The minimum absolute atomic E-state index is 0.287. The second kappa shape index (κ2) is 5.24. The van der Waals surface area contributed by atoms with Crippen molar-refractivity contribution in [2.24, 2.45) is 0 Å². The molecule has 0 saturated carbocycles. The van der Waals surface area contributed by atoms with E-state index in [-0.39, 0.29) is 11.9 Å². The topological polar surface area (TPSA) is 29.5 Å². The molecule has 0 spiro atoms. The Morgan fingerprint density at radius 3 is 2.67 bits per heavy atom. The lowest BCUT2D eigenvalue weighted by atomic mass is 9.98. The van der Waals surface area contributed by atoms with E-state index in [1.807, 2.05) is 13.8 Å². The number of ether oxygens (including phenoxy) is 1. The third-order valence-electron chi connectivity index (χ3n) is 2.62. The third-order valence-corrected chi connectivity index (χ3v) is 2.62. The van der Waals surface area contributed by atoms with Crippen LogP contribution in [-0.2, 0) is 4.74 Å². The number of benzene rings is 1. The first-order valence-corrected chi connectivity index (χ1v) is 5.07. The van der Waals surface area contributed by atoms with Gasteiger partial charge in [0.1, 0.15) is 11.9 Å². The van der Waals surface area contributed by atoms with Crippen LogP contribution < -0.4 is 0 Å². The normalized spacial score (nSPS) is 15.0. The Kier molecular flexibility index (Phi) is 4.24. The Balaban J connectivity index is 2.98. The van der Waals surface area contributed by atoms with Gasteiger partial charge in [0.05, 0.1) is 6.10 Å². The molecular formula is C12H17FO2. The number of aliphatic hydroxyl groups excluding tert-OH is 1. The zero-order chi connectivity index (χ0) is 11.4. The van der Waals surface area contributed by atoms with Gasteiger partial charge in [-0.3, -0.25) is 0 Å². The zero-order valence-corrected chi connectivity index (χ0v) is 9.33. The Morgan fingerprint density at radius 1 is 1.47 bits per heavy atom. The van der Waals surface area contributed by atoms with Crippen LogP contribution in [0.4, 0.5) is 4.39 Å². The van der Waals surface area contributed by atoms with Crippen LogP contribution in [0, 0.1) is 12.7 Å². The maximum atomic E-state index is 13.0. The Morgan fingerprint density at radius 2 is 2.13 bits per heavy atom. The Hall–Kier alpha value is -0.930. The van der Waals surface area contributed by atoms with E-state index >= 15 is 0 Å². The molecule has 0 amide bonds. The summed E-state index contributed by atoms with van der Waals surface area (Å²) in [6, 6.07) is 4.41. The first-order chi connectivity index (χ1) is 7.10. The number of rotatable bonds is 4. The van der Waals surface area contributed by atoms with Crippen LogP contribution in [0.3, 0.4) is 0 Å². The van der Waals surface area contributed by atoms with Gasteiger partial charge < -0.3 is 9.84 Å². The van der Waals surface area contributed by atoms with Gasteiger partial charge >= 0.3 is 0 Å². The van der Waals surface area contributed by atoms with Crippen molar-refractivity contribution in [2.75, 3.05) is 7.11 Å². The number of aliphatic hydroxyl groups is 1. The fraction of sp³-hybridized carbons (Fsp3) is 0.500. The smallest absolute Gasteiger partial charge is 0.123 e. The quantitative estimate of drug-likeness (QED) is 0.831. The van der Waals surface area contributed by atoms with Crippen LogP contribution in [-0.4, -0.2) is 18.3 Å². The van der Waals surface area contributed by atoms with Gasteiger partial charge in [-0.05, 0) is 36.6 Å². The predicted molar refractivity (Wildman–Crippen MR) is 57.2 cm³/mol. The maximum absolute atomic E-state index is 13.0. The molecule has 0 fully saturated rings. The van der Waals surface area contributed by atoms with Crippen molar-refractivity contribution in [3.63, 3.8) is 0 Å². The van der Waals surface area contributed by atoms with Crippen LogP contribution in [0.25, 0.3) is 0 Å². The molecule has 2 atom stereocenters. The summed E-state index contributed by atoms with van der Waals surface area (Å²) in [5.41, 5.74) is 1.48. The van der Waals surface area contributed by atoms with Crippen molar-refractivity contribution in [2.45, 2.75) is 32.5 Å². The summed E-state index contributed by atoms with van der Waals surface area (Å²) in [7, 11) is 1.55. The highest BCUT2D eigenvalue weighted by Gasteiger charge is 2.20. The highest BCUT2D eigenvalue weighted by Crippen LogP contribution is 2.24. The van der Waals surface area contributed by atoms with Gasteiger partial charge in [0, 0.05) is 7.11 Å². The highest BCUT2D eigenvalue weighted by atomic mass is 19.1. The van der Waals surface area contributed by atoms with Gasteiger partial charge in [-0.2, -0.15) is 0 Å². The summed E-state index contributed by atoms with van der Waals surface area (Å²) in [6.07, 6.45) is -0.366. The monoisotopic (exact) mass is 212 g/mol. The van der Waals surface area contributed by atoms with E-state index in [4.69, 9.17) is 4.74 Å². The van der Waals surface area contributed by atoms with E-state index in [9.17, 15) is 9.50 Å². The number of aryl methyl sites for hydroxylation is 1. The lowest BCUT2D eigenvalue weighted by Gasteiger charge is -2.21. The van der Waals surface area contributed by atoms with Crippen molar-refractivity contribution in [1.29, 1.82) is 0 Å². The van der Waals surface area contributed by atoms with Crippen LogP contribution in [0.15, 0.2) is 18.2 Å². The standard InChI is InChI=1S/C12H17FO2/c1-4-11(15-3)12(14)10-7-9(13)6-5-8(10)2/h5-7,11-12,14H,4H2,1-3H3. The van der Waals surface area contributed by atoms with Crippen molar-refractivity contribution < 1.29 is 14.2 Å². The lowest BCUT2D eigenvalue weighted by Crippen LogP contribution is -2.20. The van der Waals surface area contributed by atoms with Crippen molar-refractivity contribution in [3.8, 4) is 0 Å². The minimum atomic E-state index is -0.768. The van der Waals surface area contributed by atoms with E-state index in [1.165, 1.54) is 12.1 Å². The molecule has 15 heavy (non-hydrogen) atoms. The number of halogens is 1. The van der Waals surface area contributed by atoms with E-state index in [0.717, 1.165) is 5.56 Å². The Labute approximate surface area is 89.7 Å². The van der Waals surface area contributed by atoms with Crippen molar-refractivity contribution in [3.05, 3.63) is 35.1 Å². The lowest BCUT2D eigenvalue weighted by molar-refractivity contribution is -0.0152. The molecule has 1 N–H and O–H groups in total. The number of hydrogen-bond donors (Lipinski definition) is 1. The summed E-state index contributed by atoms with van der Waals surface area (Å²) in [6.45, 7) is 3.77. The van der Waals surface area contributed by atoms with Gasteiger partial charge in [-0.25, -0.2) is 4.39 Å². The van der Waals surface area contributed by atoms with E-state index < -0.39 is 6.10 Å². The molecule has 1 aromatic rings. The molecule has 2 unspecified atom stereocenters. The molecule has 84 valence electrons. The van der Waals surface area contributed by atoms with E-state index in [1.54, 1.807) is 13.2 Å². The zero-order valence-electron chi connectivity index (χ0n) is 9.33. The molecule has 0 aliphatic heterocycles. The van der Waals surface area contributed by atoms with Crippen LogP contribution >= 0.6 is 0 Å². The van der Waals surface area contributed by atoms with Crippen LogP contribution in [0.1, 0.15) is 30.6 Å². The average Bonchev–Trinajstić information content (AvgIpc) is 2.23. The van der Waals surface area contributed by atoms with Crippen LogP contribution in [0.2, 0.25) is 0 Å². The van der Waals surface area contributed by atoms with Crippen molar-refractivity contribution >= 4 is 0 Å². The molecule has 2 nitrogen and oxygen atoms in total. The highest BCUT2D eigenvalue weighted by molar-refractivity contribution is 5.29. The van der Waals surface area contributed by atoms with E-state index in [2.05, 4.69) is 0 Å². The number of methoxy groups -OCH3 is 1. The van der Waals surface area contributed by atoms with Gasteiger partial charge in [-0.1, -0.05) is 13.0 Å². The van der Waals surface area contributed by atoms with Gasteiger partial charge in [0.15, 0.2) is 0 Å². The molecular weight excluding hydrogens is 195 g/mol. The summed E-state index contributed by atoms with van der Waals surface area (Å²) in [4.78, 5) is 0. The largest absolute Gasteiger partial charge is 0.386 e. The third kappa shape index (κ3) is 2.76. The molecule has 1 aromatic carbocycles. The molecule has 1 rings (SSSR count). The maximum Gasteiger partial charge on any atom is 0.123 e. The second-order valence-electron chi connectivity index (χ2n) is 3.63. The first kappa shape index (κ1) is 12.1. The molecule has 0 radical (unpaired) electrons. The molecule has 0 aromatic heterocycles. The summed E-state index contributed by atoms with van der Waals surface area (Å²) in [5, 5.41) is 9.99. The fourth-order valence-electron chi connectivity index (χ4n) is 1.65. The molecule has 0 aliphatic carbocycles. The van der Waals surface area contributed by atoms with Gasteiger partial charge in [0.25, 0.3) is 0 Å². The average molecular weight is 212 g/mol. The number of hydrogen-bond acceptors (Lipinski definition) is 2. The second-order valence-corrected chi connectivity index (χ2v) is 3.63. The summed E-state index contributed by atoms with van der Waals surface area (Å²) in [5.74, 6) is -0.333. The van der Waals surface area contributed by atoms with Gasteiger partial charge in [-0.15, -0.1) is 0 Å². The summed E-state index contributed by atoms with van der Waals surface area (Å²) < 4.78 is 18.2. The molecule has 0 saturated heterocycles.